The number of rotatable bonds is 3. The number of aromatic nitrogens is 2. The van der Waals surface area contributed by atoms with Crippen LogP contribution >= 0.6 is 0 Å². The van der Waals surface area contributed by atoms with Crippen molar-refractivity contribution in [2.45, 2.75) is 13.8 Å². The summed E-state index contributed by atoms with van der Waals surface area (Å²) in [5.41, 5.74) is 0.769. The number of carbonyl (C=O) groups excluding carboxylic acids is 1. The van der Waals surface area contributed by atoms with Crippen LogP contribution in [0.3, 0.4) is 0 Å². The van der Waals surface area contributed by atoms with E-state index in [2.05, 4.69) is 9.98 Å². The van der Waals surface area contributed by atoms with Gasteiger partial charge < -0.3 is 5.11 Å². The van der Waals surface area contributed by atoms with Crippen LogP contribution in [0.15, 0.2) is 63.1 Å². The van der Waals surface area contributed by atoms with E-state index in [1.165, 1.54) is 0 Å². The van der Waals surface area contributed by atoms with E-state index in [1.807, 2.05) is 13.8 Å². The molecule has 2 N–H and O–H groups in total. The molecule has 1 heterocycles. The van der Waals surface area contributed by atoms with Crippen molar-refractivity contribution in [3.05, 3.63) is 91.6 Å². The van der Waals surface area contributed by atoms with Crippen LogP contribution in [0, 0.1) is 13.8 Å². The molecule has 0 spiro atoms. The average Bonchev–Trinajstić information content (AvgIpc) is 2.64. The van der Waals surface area contributed by atoms with Crippen molar-refractivity contribution in [2.24, 2.45) is 4.99 Å². The highest BCUT2D eigenvalue weighted by Gasteiger charge is 2.15. The number of H-pyrrole nitrogens is 1. The minimum absolute atomic E-state index is 0.280. The van der Waals surface area contributed by atoms with Gasteiger partial charge in [-0.25, -0.2) is 14.4 Å². The van der Waals surface area contributed by atoms with Gasteiger partial charge >= 0.3 is 5.69 Å². The molecular formula is C20H17N3O4. The fourth-order valence-corrected chi connectivity index (χ4v) is 2.54. The van der Waals surface area contributed by atoms with E-state index >= 15 is 0 Å². The van der Waals surface area contributed by atoms with Gasteiger partial charge in [0.15, 0.2) is 0 Å². The first-order valence-electron chi connectivity index (χ1n) is 8.18. The van der Waals surface area contributed by atoms with E-state index < -0.39 is 23.0 Å². The molecule has 7 nitrogen and oxygen atoms in total. The number of amides is 1. The minimum atomic E-state index is -0.831. The van der Waals surface area contributed by atoms with Gasteiger partial charge in [0.2, 0.25) is 5.88 Å². The lowest BCUT2D eigenvalue weighted by Gasteiger charge is -2.11. The predicted octanol–water partition coefficient (Wildman–Crippen LogP) is 2.11. The minimum Gasteiger partial charge on any atom is -0.493 e. The van der Waals surface area contributed by atoms with Crippen molar-refractivity contribution in [1.82, 2.24) is 9.55 Å². The molecular weight excluding hydrogens is 346 g/mol. The normalized spacial score (nSPS) is 11.0. The van der Waals surface area contributed by atoms with E-state index in [1.54, 1.807) is 48.5 Å². The molecule has 1 amide bonds. The van der Waals surface area contributed by atoms with Gasteiger partial charge in [-0.3, -0.25) is 14.6 Å². The molecule has 0 aliphatic heterocycles. The largest absolute Gasteiger partial charge is 0.493 e. The first-order valence-corrected chi connectivity index (χ1v) is 8.18. The lowest BCUT2D eigenvalue weighted by molar-refractivity contribution is 0.100. The van der Waals surface area contributed by atoms with Crippen molar-refractivity contribution in [3.63, 3.8) is 0 Å². The first-order chi connectivity index (χ1) is 12.9. The smallest absolute Gasteiger partial charge is 0.335 e. The van der Waals surface area contributed by atoms with Crippen LogP contribution in [-0.4, -0.2) is 26.8 Å². The maximum absolute atomic E-state index is 12.2. The van der Waals surface area contributed by atoms with E-state index in [9.17, 15) is 19.5 Å². The number of hydrogen-bond donors (Lipinski definition) is 2. The summed E-state index contributed by atoms with van der Waals surface area (Å²) in [6.45, 7) is 3.79. The third kappa shape index (κ3) is 3.62. The van der Waals surface area contributed by atoms with Crippen LogP contribution in [0.25, 0.3) is 5.69 Å². The first kappa shape index (κ1) is 18.1. The van der Waals surface area contributed by atoms with Gasteiger partial charge in [0.1, 0.15) is 5.56 Å². The van der Waals surface area contributed by atoms with Gasteiger partial charge in [0.05, 0.1) is 5.69 Å². The Labute approximate surface area is 154 Å². The molecule has 2 aromatic carbocycles. The Hall–Kier alpha value is -3.74. The Bertz CT molecular complexity index is 1160. The highest BCUT2D eigenvalue weighted by atomic mass is 16.3. The summed E-state index contributed by atoms with van der Waals surface area (Å²) in [5, 5.41) is 10.5. The molecule has 7 heteroatoms. The maximum Gasteiger partial charge on any atom is 0.335 e. The fraction of sp³-hybridized carbons (Fsp3) is 0.100. The number of hydrogen-bond acceptors (Lipinski definition) is 4. The van der Waals surface area contributed by atoms with Gasteiger partial charge in [-0.2, -0.15) is 0 Å². The molecule has 0 saturated heterocycles. The predicted molar refractivity (Wildman–Crippen MR) is 102 cm³/mol. The molecule has 3 aromatic rings. The van der Waals surface area contributed by atoms with Gasteiger partial charge in [-0.15, -0.1) is 0 Å². The monoisotopic (exact) mass is 363 g/mol. The molecule has 0 fully saturated rings. The highest BCUT2D eigenvalue weighted by molar-refractivity contribution is 6.02. The van der Waals surface area contributed by atoms with E-state index in [-0.39, 0.29) is 5.56 Å². The zero-order chi connectivity index (χ0) is 19.6. The number of benzene rings is 2. The van der Waals surface area contributed by atoms with Gasteiger partial charge in [-0.1, -0.05) is 24.3 Å². The third-order valence-corrected chi connectivity index (χ3v) is 4.20. The van der Waals surface area contributed by atoms with E-state index in [0.717, 1.165) is 21.9 Å². The standard InChI is InChI=1S/C20H17N3O4/c1-12-8-9-15(10-13(12)2)23-19(26)16(18(25)22-20(23)27)11-21-17(24)14-6-4-3-5-7-14/h3-11,26H,1-2H3,(H,22,25,27). The molecule has 0 radical (unpaired) electrons. The molecule has 0 aliphatic carbocycles. The second kappa shape index (κ2) is 7.25. The Morgan fingerprint density at radius 3 is 2.44 bits per heavy atom. The summed E-state index contributed by atoms with van der Waals surface area (Å²) < 4.78 is 0.961. The highest BCUT2D eigenvalue weighted by Crippen LogP contribution is 2.18. The van der Waals surface area contributed by atoms with Gasteiger partial charge in [0.25, 0.3) is 11.5 Å². The number of nitrogens with one attached hydrogen (secondary N) is 1. The third-order valence-electron chi connectivity index (χ3n) is 4.20. The molecule has 0 unspecified atom stereocenters. The molecule has 3 rings (SSSR count). The Balaban J connectivity index is 2.08. The SMILES string of the molecule is Cc1ccc(-n2c(O)c(C=NC(=O)c3ccccc3)c(=O)[nH]c2=O)cc1C. The van der Waals surface area contributed by atoms with Gasteiger partial charge in [-0.05, 0) is 49.2 Å². The summed E-state index contributed by atoms with van der Waals surface area (Å²) >= 11 is 0. The van der Waals surface area contributed by atoms with E-state index in [4.69, 9.17) is 0 Å². The Kier molecular flexibility index (Phi) is 4.85. The summed E-state index contributed by atoms with van der Waals surface area (Å²) in [7, 11) is 0. The number of aromatic hydroxyl groups is 1. The van der Waals surface area contributed by atoms with E-state index in [0.29, 0.717) is 11.3 Å². The molecule has 0 atom stereocenters. The number of nitrogens with zero attached hydrogens (tertiary/aromatic N) is 2. The second-order valence-electron chi connectivity index (χ2n) is 6.03. The van der Waals surface area contributed by atoms with Crippen LogP contribution in [-0.2, 0) is 0 Å². The van der Waals surface area contributed by atoms with Gasteiger partial charge in [0, 0.05) is 11.8 Å². The Morgan fingerprint density at radius 2 is 1.78 bits per heavy atom. The van der Waals surface area contributed by atoms with Crippen molar-refractivity contribution in [2.75, 3.05) is 0 Å². The average molecular weight is 363 g/mol. The maximum atomic E-state index is 12.2. The second-order valence-corrected chi connectivity index (χ2v) is 6.03. The zero-order valence-electron chi connectivity index (χ0n) is 14.8. The van der Waals surface area contributed by atoms with Crippen LogP contribution in [0.5, 0.6) is 5.88 Å². The molecule has 0 saturated carbocycles. The summed E-state index contributed by atoms with van der Waals surface area (Å²) in [6.07, 6.45) is 0.959. The number of aliphatic imine (C=N–C) groups is 1. The number of aryl methyl sites for hydroxylation is 2. The molecule has 0 bridgehead atoms. The quantitative estimate of drug-likeness (QED) is 0.695. The van der Waals surface area contributed by atoms with Crippen molar-refractivity contribution in [3.8, 4) is 11.6 Å². The zero-order valence-corrected chi connectivity index (χ0v) is 14.8. The number of aromatic amines is 1. The summed E-state index contributed by atoms with van der Waals surface area (Å²) in [4.78, 5) is 42.2. The van der Waals surface area contributed by atoms with Crippen LogP contribution in [0.2, 0.25) is 0 Å². The van der Waals surface area contributed by atoms with Crippen molar-refractivity contribution >= 4 is 12.1 Å². The lowest BCUT2D eigenvalue weighted by atomic mass is 10.1. The topological polar surface area (TPSA) is 105 Å². The fourth-order valence-electron chi connectivity index (χ4n) is 2.54. The molecule has 27 heavy (non-hydrogen) atoms. The molecule has 136 valence electrons. The molecule has 1 aromatic heterocycles. The molecule has 0 aliphatic rings. The van der Waals surface area contributed by atoms with Crippen LogP contribution in [0.1, 0.15) is 27.0 Å². The van der Waals surface area contributed by atoms with Crippen LogP contribution in [0.4, 0.5) is 0 Å². The lowest BCUT2D eigenvalue weighted by Crippen LogP contribution is -2.31. The Morgan fingerprint density at radius 1 is 1.07 bits per heavy atom. The van der Waals surface area contributed by atoms with Crippen molar-refractivity contribution < 1.29 is 9.90 Å². The summed E-state index contributed by atoms with van der Waals surface area (Å²) in [6, 6.07) is 13.5. The van der Waals surface area contributed by atoms with Crippen LogP contribution < -0.4 is 11.2 Å². The number of carbonyl (C=O) groups is 1. The van der Waals surface area contributed by atoms with Crippen molar-refractivity contribution in [1.29, 1.82) is 0 Å². The summed E-state index contributed by atoms with van der Waals surface area (Å²) in [5.74, 6) is -1.16.